The molecule has 15 heavy (non-hydrogen) atoms. The summed E-state index contributed by atoms with van der Waals surface area (Å²) >= 11 is 9.37. The molecule has 0 amide bonds. The molecule has 0 aliphatic heterocycles. The van der Waals surface area contributed by atoms with Crippen LogP contribution >= 0.6 is 27.5 Å². The second-order valence-electron chi connectivity index (χ2n) is 4.31. The number of halogens is 2. The van der Waals surface area contributed by atoms with E-state index in [1.54, 1.807) is 0 Å². The second-order valence-corrected chi connectivity index (χ2v) is 5.57. The summed E-state index contributed by atoms with van der Waals surface area (Å²) in [5, 5.41) is 0.745. The van der Waals surface area contributed by atoms with Crippen LogP contribution in [0.15, 0.2) is 22.7 Å². The fraction of sp³-hybridized carbons (Fsp3) is 0.500. The van der Waals surface area contributed by atoms with Crippen molar-refractivity contribution >= 4 is 27.5 Å². The number of hydrogen-bond donors (Lipinski definition) is 1. The minimum absolute atomic E-state index is 0.156. The Hall–Kier alpha value is -0.0500. The summed E-state index contributed by atoms with van der Waals surface area (Å²) in [7, 11) is 0. The highest BCUT2D eigenvalue weighted by Gasteiger charge is 2.21. The van der Waals surface area contributed by atoms with Crippen molar-refractivity contribution in [3.05, 3.63) is 33.3 Å². The van der Waals surface area contributed by atoms with Crippen molar-refractivity contribution in [3.63, 3.8) is 0 Å². The van der Waals surface area contributed by atoms with Gasteiger partial charge in [-0.3, -0.25) is 0 Å². The van der Waals surface area contributed by atoms with Gasteiger partial charge in [-0.15, -0.1) is 0 Å². The Morgan fingerprint density at radius 2 is 2.20 bits per heavy atom. The van der Waals surface area contributed by atoms with Crippen molar-refractivity contribution in [2.24, 2.45) is 11.7 Å². The highest BCUT2D eigenvalue weighted by molar-refractivity contribution is 9.10. The van der Waals surface area contributed by atoms with E-state index in [0.29, 0.717) is 0 Å². The van der Waals surface area contributed by atoms with E-state index in [2.05, 4.69) is 15.9 Å². The smallest absolute Gasteiger partial charge is 0.0548 e. The van der Waals surface area contributed by atoms with Gasteiger partial charge in [0.15, 0.2) is 0 Å². The maximum Gasteiger partial charge on any atom is 0.0548 e. The van der Waals surface area contributed by atoms with E-state index in [1.807, 2.05) is 18.2 Å². The maximum absolute atomic E-state index is 6.16. The monoisotopic (exact) mass is 287 g/mol. The van der Waals surface area contributed by atoms with Crippen molar-refractivity contribution in [1.82, 2.24) is 0 Å². The van der Waals surface area contributed by atoms with Crippen LogP contribution in [0.1, 0.15) is 37.3 Å². The first-order chi connectivity index (χ1) is 7.16. The molecule has 1 aromatic rings. The zero-order valence-electron chi connectivity index (χ0n) is 8.55. The van der Waals surface area contributed by atoms with Crippen LogP contribution in [0.4, 0.5) is 0 Å². The molecule has 2 N–H and O–H groups in total. The van der Waals surface area contributed by atoms with Crippen LogP contribution in [0.5, 0.6) is 0 Å². The standard InChI is InChI=1S/C12H15BrClN/c13-10-7-9(4-5-11(10)14)12(15)6-8-2-1-3-8/h4-5,7-8,12H,1-3,6,15H2. The third-order valence-electron chi connectivity index (χ3n) is 3.18. The normalized spacial score (nSPS) is 18.6. The molecule has 1 aliphatic rings. The highest BCUT2D eigenvalue weighted by atomic mass is 79.9. The molecule has 0 bridgehead atoms. The minimum atomic E-state index is 0.156. The van der Waals surface area contributed by atoms with E-state index in [9.17, 15) is 0 Å². The van der Waals surface area contributed by atoms with Gasteiger partial charge in [0.05, 0.1) is 5.02 Å². The van der Waals surface area contributed by atoms with Crippen molar-refractivity contribution in [2.45, 2.75) is 31.7 Å². The first-order valence-corrected chi connectivity index (χ1v) is 6.54. The summed E-state index contributed by atoms with van der Waals surface area (Å²) in [4.78, 5) is 0. The molecule has 0 saturated heterocycles. The van der Waals surface area contributed by atoms with Crippen molar-refractivity contribution in [2.75, 3.05) is 0 Å². The maximum atomic E-state index is 6.16. The first kappa shape index (κ1) is 11.4. The Kier molecular flexibility index (Phi) is 3.70. The molecule has 0 radical (unpaired) electrons. The van der Waals surface area contributed by atoms with Crippen LogP contribution in [-0.4, -0.2) is 0 Å². The van der Waals surface area contributed by atoms with Gasteiger partial charge in [0.1, 0.15) is 0 Å². The average molecular weight is 289 g/mol. The van der Waals surface area contributed by atoms with Crippen molar-refractivity contribution in [3.8, 4) is 0 Å². The zero-order chi connectivity index (χ0) is 10.8. The zero-order valence-corrected chi connectivity index (χ0v) is 10.9. The van der Waals surface area contributed by atoms with Gasteiger partial charge < -0.3 is 5.73 Å². The summed E-state index contributed by atoms with van der Waals surface area (Å²) in [6, 6.07) is 6.12. The molecule has 1 saturated carbocycles. The molecule has 0 heterocycles. The molecule has 1 nitrogen and oxygen atoms in total. The SMILES string of the molecule is NC(CC1CCC1)c1ccc(Cl)c(Br)c1. The van der Waals surface area contributed by atoms with Crippen molar-refractivity contribution in [1.29, 1.82) is 0 Å². The molecule has 1 aliphatic carbocycles. The Labute approximate surface area is 104 Å². The number of hydrogen-bond acceptors (Lipinski definition) is 1. The summed E-state index contributed by atoms with van der Waals surface area (Å²) in [5.74, 6) is 0.842. The van der Waals surface area contributed by atoms with Crippen LogP contribution in [0, 0.1) is 5.92 Å². The summed E-state index contributed by atoms with van der Waals surface area (Å²) in [5.41, 5.74) is 7.34. The van der Waals surface area contributed by atoms with E-state index in [-0.39, 0.29) is 6.04 Å². The molecule has 1 unspecified atom stereocenters. The van der Waals surface area contributed by atoms with E-state index in [1.165, 1.54) is 24.8 Å². The highest BCUT2D eigenvalue weighted by Crippen LogP contribution is 2.35. The Morgan fingerprint density at radius 1 is 1.47 bits per heavy atom. The molecule has 1 atom stereocenters. The lowest BCUT2D eigenvalue weighted by molar-refractivity contribution is 0.277. The second kappa shape index (κ2) is 4.86. The lowest BCUT2D eigenvalue weighted by Gasteiger charge is -2.28. The van der Waals surface area contributed by atoms with Gasteiger partial charge in [-0.2, -0.15) is 0 Å². The molecule has 1 aromatic carbocycles. The van der Waals surface area contributed by atoms with Crippen LogP contribution in [0.25, 0.3) is 0 Å². The minimum Gasteiger partial charge on any atom is -0.324 e. The molecule has 1 fully saturated rings. The van der Waals surface area contributed by atoms with Gasteiger partial charge >= 0.3 is 0 Å². The van der Waals surface area contributed by atoms with Crippen LogP contribution in [-0.2, 0) is 0 Å². The molecule has 82 valence electrons. The number of benzene rings is 1. The molecule has 0 spiro atoms. The van der Waals surface area contributed by atoms with E-state index in [0.717, 1.165) is 21.8 Å². The largest absolute Gasteiger partial charge is 0.324 e. The van der Waals surface area contributed by atoms with Gasteiger partial charge in [-0.05, 0) is 46.0 Å². The van der Waals surface area contributed by atoms with Crippen LogP contribution in [0.2, 0.25) is 5.02 Å². The van der Waals surface area contributed by atoms with E-state index >= 15 is 0 Å². The predicted molar refractivity (Wildman–Crippen MR) is 68.0 cm³/mol. The van der Waals surface area contributed by atoms with Crippen LogP contribution in [0.3, 0.4) is 0 Å². The fourth-order valence-corrected chi connectivity index (χ4v) is 2.48. The first-order valence-electron chi connectivity index (χ1n) is 5.37. The summed E-state index contributed by atoms with van der Waals surface area (Å²) < 4.78 is 0.936. The fourth-order valence-electron chi connectivity index (χ4n) is 1.97. The number of nitrogens with two attached hydrogens (primary N) is 1. The number of rotatable bonds is 3. The Bertz CT molecular complexity index is 349. The lowest BCUT2D eigenvalue weighted by atomic mass is 9.80. The van der Waals surface area contributed by atoms with Crippen LogP contribution < -0.4 is 5.73 Å². The Morgan fingerprint density at radius 3 is 2.73 bits per heavy atom. The third-order valence-corrected chi connectivity index (χ3v) is 4.40. The van der Waals surface area contributed by atoms with E-state index < -0.39 is 0 Å². The topological polar surface area (TPSA) is 26.0 Å². The molecule has 0 aromatic heterocycles. The predicted octanol–water partition coefficient (Wildman–Crippen LogP) is 4.29. The average Bonchev–Trinajstić information content (AvgIpc) is 2.15. The molecule has 3 heteroatoms. The van der Waals surface area contributed by atoms with Gasteiger partial charge in [0, 0.05) is 10.5 Å². The molecular formula is C12H15BrClN. The third kappa shape index (κ3) is 2.74. The van der Waals surface area contributed by atoms with Gasteiger partial charge in [-0.1, -0.05) is 36.9 Å². The summed E-state index contributed by atoms with van der Waals surface area (Å²) in [6.45, 7) is 0. The quantitative estimate of drug-likeness (QED) is 0.882. The van der Waals surface area contributed by atoms with E-state index in [4.69, 9.17) is 17.3 Å². The van der Waals surface area contributed by atoms with Crippen molar-refractivity contribution < 1.29 is 0 Å². The lowest BCUT2D eigenvalue weighted by Crippen LogP contribution is -2.20. The molecular weight excluding hydrogens is 273 g/mol. The van der Waals surface area contributed by atoms with Gasteiger partial charge in [0.25, 0.3) is 0 Å². The van der Waals surface area contributed by atoms with Gasteiger partial charge in [0.2, 0.25) is 0 Å². The Balaban J connectivity index is 2.03. The van der Waals surface area contributed by atoms with Gasteiger partial charge in [-0.25, -0.2) is 0 Å². The summed E-state index contributed by atoms with van der Waals surface area (Å²) in [6.07, 6.45) is 5.18. The molecule has 2 rings (SSSR count).